The first kappa shape index (κ1) is 18.0. The number of hydrogen-bond acceptors (Lipinski definition) is 2. The van der Waals surface area contributed by atoms with Crippen molar-refractivity contribution in [3.05, 3.63) is 70.7 Å². The Morgan fingerprint density at radius 2 is 1.72 bits per heavy atom. The molecule has 2 aromatic rings. The molecule has 0 bridgehead atoms. The second kappa shape index (κ2) is 7.23. The molecule has 0 heterocycles. The van der Waals surface area contributed by atoms with Gasteiger partial charge >= 0.3 is 5.97 Å². The molecule has 0 radical (unpaired) electrons. The molecule has 0 saturated heterocycles. The van der Waals surface area contributed by atoms with Gasteiger partial charge in [-0.15, -0.1) is 0 Å². The van der Waals surface area contributed by atoms with E-state index in [1.807, 2.05) is 68.4 Å². The summed E-state index contributed by atoms with van der Waals surface area (Å²) in [4.78, 5) is 12.5. The van der Waals surface area contributed by atoms with E-state index in [0.29, 0.717) is 0 Å². The molecule has 2 nitrogen and oxygen atoms in total. The van der Waals surface area contributed by atoms with Crippen molar-refractivity contribution in [2.45, 2.75) is 20.5 Å². The van der Waals surface area contributed by atoms with Gasteiger partial charge in [0.1, 0.15) is 11.1 Å². The smallest absolute Gasteiger partial charge is 0.310 e. The lowest BCUT2D eigenvalue weighted by Crippen LogP contribution is -2.11. The third-order valence-corrected chi connectivity index (χ3v) is 5.19. The summed E-state index contributed by atoms with van der Waals surface area (Å²) in [5, 5.41) is 0. The highest BCUT2D eigenvalue weighted by molar-refractivity contribution is 6.55. The summed E-state index contributed by atoms with van der Waals surface area (Å²) in [6.45, 7) is 4.30. The van der Waals surface area contributed by atoms with Gasteiger partial charge in [0.15, 0.2) is 0 Å². The first-order chi connectivity index (χ1) is 11.9. The van der Waals surface area contributed by atoms with Crippen LogP contribution in [0.3, 0.4) is 0 Å². The predicted molar refractivity (Wildman–Crippen MR) is 102 cm³/mol. The molecule has 1 saturated carbocycles. The lowest BCUT2D eigenvalue weighted by atomic mass is 10.0. The predicted octanol–water partition coefficient (Wildman–Crippen LogP) is 5.99. The number of rotatable bonds is 5. The van der Waals surface area contributed by atoms with Gasteiger partial charge in [0.25, 0.3) is 0 Å². The number of esters is 1. The number of carbonyl (C=O) groups excluding carboxylic acids is 1. The number of ether oxygens (including phenoxy) is 1. The van der Waals surface area contributed by atoms with E-state index in [1.165, 1.54) is 0 Å². The van der Waals surface area contributed by atoms with Gasteiger partial charge in [-0.1, -0.05) is 91.6 Å². The summed E-state index contributed by atoms with van der Waals surface area (Å²) < 4.78 is 5.80. The van der Waals surface area contributed by atoms with E-state index in [0.717, 1.165) is 16.7 Å². The maximum absolute atomic E-state index is 12.5. The zero-order valence-corrected chi connectivity index (χ0v) is 15.7. The second-order valence-corrected chi connectivity index (χ2v) is 7.92. The summed E-state index contributed by atoms with van der Waals surface area (Å²) in [6, 6.07) is 18.0. The molecular weight excluding hydrogens is 355 g/mol. The molecule has 1 aliphatic carbocycles. The van der Waals surface area contributed by atoms with Crippen LogP contribution < -0.4 is 0 Å². The maximum atomic E-state index is 12.5. The molecule has 130 valence electrons. The summed E-state index contributed by atoms with van der Waals surface area (Å²) >= 11 is 11.5. The van der Waals surface area contributed by atoms with E-state index in [2.05, 4.69) is 0 Å². The van der Waals surface area contributed by atoms with Crippen molar-refractivity contribution in [1.82, 2.24) is 0 Å². The van der Waals surface area contributed by atoms with E-state index >= 15 is 0 Å². The number of hydrogen-bond donors (Lipinski definition) is 0. The van der Waals surface area contributed by atoms with Crippen LogP contribution in [0.15, 0.2) is 65.2 Å². The SMILES string of the molecule is CC1(C)C(C=C(Cl)Cl)C1C(=O)OCc1ccccc1-c1ccccc1. The molecular formula is C21H20Cl2O2. The summed E-state index contributed by atoms with van der Waals surface area (Å²) in [5.41, 5.74) is 3.00. The van der Waals surface area contributed by atoms with Crippen molar-refractivity contribution < 1.29 is 9.53 Å². The highest BCUT2D eigenvalue weighted by Gasteiger charge is 2.61. The van der Waals surface area contributed by atoms with Gasteiger partial charge in [0.2, 0.25) is 0 Å². The average Bonchev–Trinajstić information content (AvgIpc) is 3.13. The van der Waals surface area contributed by atoms with Crippen LogP contribution in [-0.4, -0.2) is 5.97 Å². The molecule has 0 amide bonds. The topological polar surface area (TPSA) is 26.3 Å². The van der Waals surface area contributed by atoms with Crippen LogP contribution in [0.4, 0.5) is 0 Å². The molecule has 1 fully saturated rings. The standard InChI is InChI=1S/C21H20Cl2O2/c1-21(2)17(12-18(22)23)19(21)20(24)25-13-15-10-6-7-11-16(15)14-8-4-3-5-9-14/h3-12,17,19H,13H2,1-2H3. The summed E-state index contributed by atoms with van der Waals surface area (Å²) in [6.07, 6.45) is 1.73. The maximum Gasteiger partial charge on any atom is 0.310 e. The molecule has 2 aromatic carbocycles. The third-order valence-electron chi connectivity index (χ3n) is 4.94. The molecule has 0 N–H and O–H groups in total. The normalized spacial score (nSPS) is 20.6. The highest BCUT2D eigenvalue weighted by atomic mass is 35.5. The fourth-order valence-corrected chi connectivity index (χ4v) is 3.63. The largest absolute Gasteiger partial charge is 0.461 e. The van der Waals surface area contributed by atoms with Gasteiger partial charge in [0.05, 0.1) is 5.92 Å². The van der Waals surface area contributed by atoms with Crippen molar-refractivity contribution in [3.63, 3.8) is 0 Å². The van der Waals surface area contributed by atoms with Crippen molar-refractivity contribution >= 4 is 29.2 Å². The Morgan fingerprint density at radius 3 is 2.40 bits per heavy atom. The Morgan fingerprint density at radius 1 is 1.08 bits per heavy atom. The molecule has 0 aliphatic heterocycles. The van der Waals surface area contributed by atoms with Crippen LogP contribution >= 0.6 is 23.2 Å². The number of carbonyl (C=O) groups is 1. The van der Waals surface area contributed by atoms with Gasteiger partial charge in [-0.25, -0.2) is 0 Å². The van der Waals surface area contributed by atoms with Crippen LogP contribution in [0.2, 0.25) is 0 Å². The van der Waals surface area contributed by atoms with Crippen LogP contribution in [0, 0.1) is 17.3 Å². The summed E-state index contributed by atoms with van der Waals surface area (Å²) in [7, 11) is 0. The number of halogens is 2. The first-order valence-electron chi connectivity index (χ1n) is 8.24. The van der Waals surface area contributed by atoms with Crippen LogP contribution in [0.25, 0.3) is 11.1 Å². The Kier molecular flexibility index (Phi) is 5.21. The molecule has 25 heavy (non-hydrogen) atoms. The second-order valence-electron chi connectivity index (χ2n) is 6.91. The van der Waals surface area contributed by atoms with Gasteiger partial charge in [-0.05, 0) is 34.1 Å². The Bertz CT molecular complexity index is 793. The minimum Gasteiger partial charge on any atom is -0.461 e. The van der Waals surface area contributed by atoms with Crippen LogP contribution in [0.5, 0.6) is 0 Å². The monoisotopic (exact) mass is 374 g/mol. The zero-order valence-electron chi connectivity index (χ0n) is 14.2. The van der Waals surface area contributed by atoms with E-state index < -0.39 is 0 Å². The molecule has 0 aromatic heterocycles. The fourth-order valence-electron chi connectivity index (χ4n) is 3.36. The molecule has 4 heteroatoms. The van der Waals surface area contributed by atoms with Crippen molar-refractivity contribution in [3.8, 4) is 11.1 Å². The molecule has 3 rings (SSSR count). The molecule has 2 atom stereocenters. The molecule has 2 unspecified atom stereocenters. The molecule has 0 spiro atoms. The summed E-state index contributed by atoms with van der Waals surface area (Å²) in [5.74, 6) is -0.387. The lowest BCUT2D eigenvalue weighted by molar-refractivity contribution is -0.147. The van der Waals surface area contributed by atoms with Crippen LogP contribution in [-0.2, 0) is 16.1 Å². The van der Waals surface area contributed by atoms with E-state index in [4.69, 9.17) is 27.9 Å². The van der Waals surface area contributed by atoms with Crippen molar-refractivity contribution in [2.24, 2.45) is 17.3 Å². The zero-order chi connectivity index (χ0) is 18.0. The van der Waals surface area contributed by atoms with Gasteiger partial charge in [0, 0.05) is 0 Å². The highest BCUT2D eigenvalue weighted by Crippen LogP contribution is 2.60. The minimum atomic E-state index is -0.205. The van der Waals surface area contributed by atoms with E-state index in [9.17, 15) is 4.79 Å². The van der Waals surface area contributed by atoms with E-state index in [-0.39, 0.29) is 34.3 Å². The lowest BCUT2D eigenvalue weighted by Gasteiger charge is -2.11. The van der Waals surface area contributed by atoms with Crippen molar-refractivity contribution in [2.75, 3.05) is 0 Å². The van der Waals surface area contributed by atoms with E-state index in [1.54, 1.807) is 6.08 Å². The Hall–Kier alpha value is -1.77. The number of benzene rings is 2. The van der Waals surface area contributed by atoms with Gasteiger partial charge in [-0.2, -0.15) is 0 Å². The average molecular weight is 375 g/mol. The molecule has 1 aliphatic rings. The van der Waals surface area contributed by atoms with Crippen LogP contribution in [0.1, 0.15) is 19.4 Å². The quantitative estimate of drug-likeness (QED) is 0.600. The first-order valence-corrected chi connectivity index (χ1v) is 8.99. The third kappa shape index (κ3) is 3.91. The Labute approximate surface area is 158 Å². The van der Waals surface area contributed by atoms with Crippen molar-refractivity contribution in [1.29, 1.82) is 0 Å². The minimum absolute atomic E-state index is 0.0226. The number of allylic oxidation sites excluding steroid dienone is 1. The fraction of sp³-hybridized carbons (Fsp3) is 0.286. The Balaban J connectivity index is 1.71. The van der Waals surface area contributed by atoms with Gasteiger partial charge in [-0.3, -0.25) is 4.79 Å². The van der Waals surface area contributed by atoms with Gasteiger partial charge < -0.3 is 4.74 Å².